The maximum absolute atomic E-state index is 11.7. The molecule has 126 valence electrons. The molecule has 2 aromatic carbocycles. The van der Waals surface area contributed by atoms with Gasteiger partial charge in [0.05, 0.1) is 19.3 Å². The Kier molecular flexibility index (Phi) is 4.09. The Morgan fingerprint density at radius 3 is 2.62 bits per heavy atom. The summed E-state index contributed by atoms with van der Waals surface area (Å²) in [5.41, 5.74) is 1.84. The topological polar surface area (TPSA) is 59.0 Å². The normalized spacial score (nSPS) is 19.4. The van der Waals surface area contributed by atoms with E-state index in [1.165, 1.54) is 0 Å². The number of nitrogens with zero attached hydrogens (tertiary/aromatic N) is 1. The number of anilines is 1. The summed E-state index contributed by atoms with van der Waals surface area (Å²) >= 11 is 0. The number of ether oxygens (including phenoxy) is 2. The number of carboxylic acid groups (broad SMARTS) is 1. The summed E-state index contributed by atoms with van der Waals surface area (Å²) in [4.78, 5) is 13.7. The monoisotopic (exact) mass is 327 g/mol. The molecule has 24 heavy (non-hydrogen) atoms. The number of carbonyl (C=O) groups is 1. The summed E-state index contributed by atoms with van der Waals surface area (Å²) in [6.07, 6.45) is 0. The third kappa shape index (κ3) is 3.02. The van der Waals surface area contributed by atoms with Crippen molar-refractivity contribution in [3.63, 3.8) is 0 Å². The fraction of sp³-hybridized carbons (Fsp3) is 0.316. The molecule has 1 atom stereocenters. The van der Waals surface area contributed by atoms with Crippen LogP contribution in [-0.4, -0.2) is 30.3 Å². The van der Waals surface area contributed by atoms with E-state index in [2.05, 4.69) is 4.90 Å². The molecule has 1 unspecified atom stereocenters. The highest BCUT2D eigenvalue weighted by atomic mass is 16.5. The fourth-order valence-electron chi connectivity index (χ4n) is 2.89. The minimum Gasteiger partial charge on any atom is -0.497 e. The maximum Gasteiger partial charge on any atom is 0.349 e. The summed E-state index contributed by atoms with van der Waals surface area (Å²) in [5.74, 6) is 0.436. The largest absolute Gasteiger partial charge is 0.497 e. The second-order valence-electron chi connectivity index (χ2n) is 6.31. The Balaban J connectivity index is 1.95. The van der Waals surface area contributed by atoms with Crippen molar-refractivity contribution in [2.24, 2.45) is 0 Å². The molecule has 1 aliphatic heterocycles. The van der Waals surface area contributed by atoms with E-state index < -0.39 is 11.6 Å². The first kappa shape index (κ1) is 16.2. The molecule has 0 bridgehead atoms. The molecule has 5 nitrogen and oxygen atoms in total. The summed E-state index contributed by atoms with van der Waals surface area (Å²) < 4.78 is 11.0. The van der Waals surface area contributed by atoms with Gasteiger partial charge in [0.25, 0.3) is 0 Å². The van der Waals surface area contributed by atoms with Crippen molar-refractivity contribution >= 4 is 11.7 Å². The Morgan fingerprint density at radius 1 is 1.29 bits per heavy atom. The van der Waals surface area contributed by atoms with Gasteiger partial charge >= 0.3 is 5.97 Å². The first-order valence-electron chi connectivity index (χ1n) is 7.82. The molecule has 5 heteroatoms. The van der Waals surface area contributed by atoms with Crippen LogP contribution in [-0.2, 0) is 11.3 Å². The summed E-state index contributed by atoms with van der Waals surface area (Å²) in [6, 6.07) is 13.6. The van der Waals surface area contributed by atoms with Gasteiger partial charge in [0.1, 0.15) is 11.5 Å². The minimum atomic E-state index is -1.27. The van der Waals surface area contributed by atoms with Gasteiger partial charge in [-0.25, -0.2) is 4.79 Å². The molecular formula is C19H21NO4. The van der Waals surface area contributed by atoms with Gasteiger partial charge in [-0.15, -0.1) is 0 Å². The van der Waals surface area contributed by atoms with Crippen molar-refractivity contribution in [3.05, 3.63) is 53.6 Å². The quantitative estimate of drug-likeness (QED) is 0.934. The minimum absolute atomic E-state index is 0.283. The number of benzene rings is 2. The van der Waals surface area contributed by atoms with Crippen LogP contribution < -0.4 is 14.4 Å². The van der Waals surface area contributed by atoms with Crippen LogP contribution in [0.1, 0.15) is 18.1 Å². The third-order valence-electron chi connectivity index (χ3n) is 4.27. The number of rotatable bonds is 4. The van der Waals surface area contributed by atoms with Crippen LogP contribution in [0.5, 0.6) is 11.5 Å². The lowest BCUT2D eigenvalue weighted by Crippen LogP contribution is -2.54. The van der Waals surface area contributed by atoms with Gasteiger partial charge in [0, 0.05) is 6.54 Å². The van der Waals surface area contributed by atoms with E-state index in [0.29, 0.717) is 12.3 Å². The van der Waals surface area contributed by atoms with E-state index in [4.69, 9.17) is 9.47 Å². The average molecular weight is 327 g/mol. The number of aliphatic carboxylic acids is 1. The second kappa shape index (κ2) is 6.07. The van der Waals surface area contributed by atoms with Gasteiger partial charge in [-0.05, 0) is 49.2 Å². The highest BCUT2D eigenvalue weighted by molar-refractivity contribution is 5.80. The third-order valence-corrected chi connectivity index (χ3v) is 4.27. The van der Waals surface area contributed by atoms with Crippen LogP contribution in [0.15, 0.2) is 42.5 Å². The lowest BCUT2D eigenvalue weighted by molar-refractivity contribution is -0.153. The van der Waals surface area contributed by atoms with Gasteiger partial charge < -0.3 is 19.5 Å². The standard InChI is InChI=1S/C19H21NO4/c1-13-4-9-17-16(10-13)20(12-19(2,24-17)18(21)22)11-14-5-7-15(23-3)8-6-14/h4-10H,11-12H2,1-3H3,(H,21,22). The zero-order valence-electron chi connectivity index (χ0n) is 14.1. The van der Waals surface area contributed by atoms with Crippen molar-refractivity contribution in [2.45, 2.75) is 26.0 Å². The number of methoxy groups -OCH3 is 1. The SMILES string of the molecule is COc1ccc(CN2CC(C)(C(=O)O)Oc3ccc(C)cc32)cc1. The molecule has 1 heterocycles. The van der Waals surface area contributed by atoms with Gasteiger partial charge in [-0.3, -0.25) is 0 Å². The first-order valence-corrected chi connectivity index (χ1v) is 7.82. The molecule has 0 spiro atoms. The number of hydrogen-bond donors (Lipinski definition) is 1. The van der Waals surface area contributed by atoms with Gasteiger partial charge in [0.15, 0.2) is 0 Å². The van der Waals surface area contributed by atoms with Gasteiger partial charge in [-0.1, -0.05) is 18.2 Å². The maximum atomic E-state index is 11.7. The summed E-state index contributed by atoms with van der Waals surface area (Å²) in [5, 5.41) is 9.56. The number of hydrogen-bond acceptors (Lipinski definition) is 4. The molecule has 0 aliphatic carbocycles. The molecule has 0 aromatic heterocycles. The van der Waals surface area contributed by atoms with E-state index in [1.54, 1.807) is 14.0 Å². The van der Waals surface area contributed by atoms with Crippen LogP contribution in [0.25, 0.3) is 0 Å². The molecule has 1 N–H and O–H groups in total. The lowest BCUT2D eigenvalue weighted by Gasteiger charge is -2.40. The van der Waals surface area contributed by atoms with Crippen LogP contribution in [0, 0.1) is 6.92 Å². The van der Waals surface area contributed by atoms with Crippen molar-refractivity contribution in [2.75, 3.05) is 18.6 Å². The summed E-state index contributed by atoms with van der Waals surface area (Å²) in [6.45, 7) is 4.51. The Bertz CT molecular complexity index is 756. The van der Waals surface area contributed by atoms with E-state index in [0.717, 1.165) is 22.6 Å². The molecule has 0 fully saturated rings. The zero-order valence-corrected chi connectivity index (χ0v) is 14.1. The highest BCUT2D eigenvalue weighted by Gasteiger charge is 2.42. The molecule has 1 aliphatic rings. The van der Waals surface area contributed by atoms with Gasteiger partial charge in [-0.2, -0.15) is 0 Å². The van der Waals surface area contributed by atoms with Crippen molar-refractivity contribution < 1.29 is 19.4 Å². The van der Waals surface area contributed by atoms with Gasteiger partial charge in [0.2, 0.25) is 5.60 Å². The molecule has 0 saturated carbocycles. The van der Waals surface area contributed by atoms with Crippen LogP contribution in [0.3, 0.4) is 0 Å². The van der Waals surface area contributed by atoms with Crippen LogP contribution in [0.2, 0.25) is 0 Å². The Labute approximate surface area is 141 Å². The molecule has 2 aromatic rings. The zero-order chi connectivity index (χ0) is 17.3. The number of carboxylic acids is 1. The van der Waals surface area contributed by atoms with Crippen molar-refractivity contribution in [1.82, 2.24) is 0 Å². The molecule has 0 radical (unpaired) electrons. The Hall–Kier alpha value is -2.69. The van der Waals surface area contributed by atoms with E-state index >= 15 is 0 Å². The molecular weight excluding hydrogens is 306 g/mol. The fourth-order valence-corrected chi connectivity index (χ4v) is 2.89. The smallest absolute Gasteiger partial charge is 0.349 e. The van der Waals surface area contributed by atoms with Crippen LogP contribution in [0.4, 0.5) is 5.69 Å². The average Bonchev–Trinajstić information content (AvgIpc) is 2.56. The van der Waals surface area contributed by atoms with Crippen molar-refractivity contribution in [3.8, 4) is 11.5 Å². The number of fused-ring (bicyclic) bond motifs is 1. The predicted molar refractivity (Wildman–Crippen MR) is 91.9 cm³/mol. The predicted octanol–water partition coefficient (Wildman–Crippen LogP) is 3.25. The molecule has 3 rings (SSSR count). The molecule has 0 saturated heterocycles. The first-order chi connectivity index (χ1) is 11.4. The number of aryl methyl sites for hydroxylation is 1. The van der Waals surface area contributed by atoms with E-state index in [9.17, 15) is 9.90 Å². The lowest BCUT2D eigenvalue weighted by atomic mass is 10.0. The van der Waals surface area contributed by atoms with E-state index in [1.807, 2.05) is 49.4 Å². The van der Waals surface area contributed by atoms with E-state index in [-0.39, 0.29) is 6.54 Å². The Morgan fingerprint density at radius 2 is 2.00 bits per heavy atom. The van der Waals surface area contributed by atoms with Crippen molar-refractivity contribution in [1.29, 1.82) is 0 Å². The molecule has 0 amide bonds. The van der Waals surface area contributed by atoms with Crippen LogP contribution >= 0.6 is 0 Å². The summed E-state index contributed by atoms with van der Waals surface area (Å²) in [7, 11) is 1.63. The highest BCUT2D eigenvalue weighted by Crippen LogP contribution is 2.38. The second-order valence-corrected chi connectivity index (χ2v) is 6.31.